The topological polar surface area (TPSA) is 3.24 Å². The third-order valence-electron chi connectivity index (χ3n) is 16.4. The van der Waals surface area contributed by atoms with E-state index in [2.05, 4.69) is 181 Å². The SMILES string of the molecule is CC1=C(c2c(C)cccc2N(c2cccc(-c3cccc4c3C3=C(C(C)CC=C3)C43C(C)CC4CC(C)CC3C4)c2)c2cccc3c2-c2ccccc2C3(C)C)C=CCC1. The van der Waals surface area contributed by atoms with Crippen molar-refractivity contribution in [2.24, 2.45) is 29.6 Å². The van der Waals surface area contributed by atoms with Gasteiger partial charge >= 0.3 is 0 Å². The minimum atomic E-state index is -0.0981. The zero-order chi connectivity index (χ0) is 41.1. The van der Waals surface area contributed by atoms with Crippen molar-refractivity contribution in [1.82, 2.24) is 0 Å². The Morgan fingerprint density at radius 3 is 2.18 bits per heavy atom. The van der Waals surface area contributed by atoms with Gasteiger partial charge in [-0.3, -0.25) is 0 Å². The molecule has 1 nitrogen and oxygen atoms in total. The smallest absolute Gasteiger partial charge is 0.0543 e. The van der Waals surface area contributed by atoms with Gasteiger partial charge in [-0.2, -0.15) is 0 Å². The Labute approximate surface area is 359 Å². The van der Waals surface area contributed by atoms with Crippen LogP contribution in [0.2, 0.25) is 0 Å². The molecule has 0 N–H and O–H groups in total. The monoisotopic (exact) mass is 783 g/mol. The standard InChI is InChI=1S/C59H61N/c1-36-31-41-33-40(5)59(43(32-36)34-41)51-28-15-24-46(55(51)48-25-12-19-39(4)57(48)59)42-20-14-21-44(35-42)60(52-29-13-18-38(3)54(52)45-22-9-8-17-37(45)2)53-30-16-27-50-56(53)47-23-10-11-26-49(47)58(50,6)7/h9-16,18,20-30,35-36,39-41,43H,8,17,19,31-34H2,1-7H3. The predicted octanol–water partition coefficient (Wildman–Crippen LogP) is 16.3. The fourth-order valence-corrected chi connectivity index (χ4v) is 14.1. The van der Waals surface area contributed by atoms with Crippen molar-refractivity contribution in [1.29, 1.82) is 0 Å². The summed E-state index contributed by atoms with van der Waals surface area (Å²) in [5.74, 6) is 3.59. The van der Waals surface area contributed by atoms with Crippen molar-refractivity contribution in [2.75, 3.05) is 4.90 Å². The average molecular weight is 784 g/mol. The van der Waals surface area contributed by atoms with Gasteiger partial charge in [0.25, 0.3) is 0 Å². The normalized spacial score (nSPS) is 26.9. The molecule has 302 valence electrons. The van der Waals surface area contributed by atoms with Crippen LogP contribution in [0.4, 0.5) is 17.1 Å². The first-order valence-corrected chi connectivity index (χ1v) is 23.2. The molecule has 60 heavy (non-hydrogen) atoms. The van der Waals surface area contributed by atoms with Crippen molar-refractivity contribution in [3.05, 3.63) is 172 Å². The van der Waals surface area contributed by atoms with Crippen molar-refractivity contribution in [3.63, 3.8) is 0 Å². The third-order valence-corrected chi connectivity index (χ3v) is 16.4. The molecule has 0 heterocycles. The molecule has 0 amide bonds. The summed E-state index contributed by atoms with van der Waals surface area (Å²) in [5, 5.41) is 0. The molecule has 0 aliphatic heterocycles. The van der Waals surface area contributed by atoms with Crippen molar-refractivity contribution >= 4 is 28.2 Å². The molecule has 1 heteroatoms. The molecule has 6 aliphatic rings. The molecule has 5 aromatic rings. The lowest BCUT2D eigenvalue weighted by Gasteiger charge is -2.56. The van der Waals surface area contributed by atoms with Crippen molar-refractivity contribution in [3.8, 4) is 22.3 Å². The van der Waals surface area contributed by atoms with E-state index in [0.717, 1.165) is 31.1 Å². The maximum absolute atomic E-state index is 2.63. The first-order valence-electron chi connectivity index (χ1n) is 23.2. The fourth-order valence-electron chi connectivity index (χ4n) is 14.1. The second-order valence-electron chi connectivity index (χ2n) is 20.3. The number of benzene rings is 5. The highest BCUT2D eigenvalue weighted by Gasteiger charge is 2.58. The van der Waals surface area contributed by atoms with Gasteiger partial charge in [0.2, 0.25) is 0 Å². The summed E-state index contributed by atoms with van der Waals surface area (Å²) in [6.45, 7) is 17.1. The van der Waals surface area contributed by atoms with Crippen LogP contribution in [0.3, 0.4) is 0 Å². The summed E-state index contributed by atoms with van der Waals surface area (Å²) < 4.78 is 0. The summed E-state index contributed by atoms with van der Waals surface area (Å²) in [6.07, 6.45) is 18.6. The number of nitrogens with zero attached hydrogens (tertiary/aromatic N) is 1. The lowest BCUT2D eigenvalue weighted by molar-refractivity contribution is 0.0349. The third kappa shape index (κ3) is 5.36. The minimum Gasteiger partial charge on any atom is -0.309 e. The molecule has 6 aliphatic carbocycles. The Hall–Kier alpha value is -5.14. The Bertz CT molecular complexity index is 2710. The van der Waals surface area contributed by atoms with Crippen LogP contribution in [0.5, 0.6) is 0 Å². The molecule has 1 spiro atoms. The highest BCUT2D eigenvalue weighted by atomic mass is 15.1. The lowest BCUT2D eigenvalue weighted by Crippen LogP contribution is -2.51. The average Bonchev–Trinajstić information content (AvgIpc) is 3.68. The number of allylic oxidation sites excluding steroid dienone is 8. The first-order chi connectivity index (χ1) is 29.1. The van der Waals surface area contributed by atoms with Gasteiger partial charge in [0.1, 0.15) is 0 Å². The number of hydrogen-bond acceptors (Lipinski definition) is 1. The van der Waals surface area contributed by atoms with Gasteiger partial charge in [0, 0.05) is 27.6 Å². The molecule has 2 saturated carbocycles. The van der Waals surface area contributed by atoms with E-state index >= 15 is 0 Å². The molecule has 5 aromatic carbocycles. The quantitative estimate of drug-likeness (QED) is 0.172. The maximum atomic E-state index is 2.63. The molecule has 2 bridgehead atoms. The van der Waals surface area contributed by atoms with Crippen LogP contribution in [-0.4, -0.2) is 0 Å². The van der Waals surface area contributed by atoms with E-state index in [4.69, 9.17) is 0 Å². The molecule has 6 atom stereocenters. The Morgan fingerprint density at radius 1 is 0.617 bits per heavy atom. The number of rotatable bonds is 5. The highest BCUT2D eigenvalue weighted by Crippen LogP contribution is 2.67. The van der Waals surface area contributed by atoms with Gasteiger partial charge in [-0.1, -0.05) is 143 Å². The van der Waals surface area contributed by atoms with Crippen LogP contribution in [0.25, 0.3) is 33.4 Å². The van der Waals surface area contributed by atoms with Gasteiger partial charge in [-0.15, -0.1) is 0 Å². The summed E-state index contributed by atoms with van der Waals surface area (Å²) in [5.41, 5.74) is 23.9. The molecule has 6 unspecified atom stereocenters. The van der Waals surface area contributed by atoms with E-state index in [1.807, 2.05) is 0 Å². The Balaban J connectivity index is 1.15. The van der Waals surface area contributed by atoms with Crippen LogP contribution in [0.1, 0.15) is 120 Å². The van der Waals surface area contributed by atoms with E-state index in [9.17, 15) is 0 Å². The van der Waals surface area contributed by atoms with Crippen LogP contribution >= 0.6 is 0 Å². The van der Waals surface area contributed by atoms with Crippen molar-refractivity contribution in [2.45, 2.75) is 104 Å². The van der Waals surface area contributed by atoms with Gasteiger partial charge in [-0.05, 0) is 174 Å². The molecule has 0 saturated heterocycles. The Morgan fingerprint density at radius 2 is 1.33 bits per heavy atom. The first kappa shape index (κ1) is 37.8. The van der Waals surface area contributed by atoms with Gasteiger partial charge in [0.15, 0.2) is 0 Å². The van der Waals surface area contributed by atoms with E-state index in [1.165, 1.54) is 110 Å². The molecule has 0 radical (unpaired) electrons. The van der Waals surface area contributed by atoms with Crippen LogP contribution in [0, 0.1) is 36.5 Å². The van der Waals surface area contributed by atoms with Crippen LogP contribution < -0.4 is 4.90 Å². The van der Waals surface area contributed by atoms with Gasteiger partial charge in [-0.25, -0.2) is 0 Å². The van der Waals surface area contributed by atoms with Gasteiger partial charge in [0.05, 0.1) is 11.4 Å². The molecule has 2 fully saturated rings. The predicted molar refractivity (Wildman–Crippen MR) is 255 cm³/mol. The molecular weight excluding hydrogens is 723 g/mol. The maximum Gasteiger partial charge on any atom is 0.0543 e. The number of fused-ring (bicyclic) bond motifs is 10. The summed E-state index contributed by atoms with van der Waals surface area (Å²) in [6, 6.07) is 40.1. The highest BCUT2D eigenvalue weighted by molar-refractivity contribution is 6.00. The minimum absolute atomic E-state index is 0.0981. The second kappa shape index (κ2) is 14.0. The lowest BCUT2D eigenvalue weighted by atomic mass is 9.48. The molecule has 11 rings (SSSR count). The van der Waals surface area contributed by atoms with E-state index in [0.29, 0.717) is 17.8 Å². The fraction of sp³-hybridized carbons (Fsp3) is 0.356. The van der Waals surface area contributed by atoms with Gasteiger partial charge < -0.3 is 4.90 Å². The second-order valence-corrected chi connectivity index (χ2v) is 20.3. The molecule has 0 aromatic heterocycles. The summed E-state index contributed by atoms with van der Waals surface area (Å²) >= 11 is 0. The van der Waals surface area contributed by atoms with Crippen LogP contribution in [0.15, 0.2) is 139 Å². The number of hydrogen-bond donors (Lipinski definition) is 0. The summed E-state index contributed by atoms with van der Waals surface area (Å²) in [7, 11) is 0. The molecular formula is C59H61N. The number of anilines is 3. The Kier molecular flexibility index (Phi) is 8.80. The van der Waals surface area contributed by atoms with E-state index in [1.54, 1.807) is 11.1 Å². The largest absolute Gasteiger partial charge is 0.309 e. The zero-order valence-electron chi connectivity index (χ0n) is 36.9. The summed E-state index contributed by atoms with van der Waals surface area (Å²) in [4.78, 5) is 2.62. The van der Waals surface area contributed by atoms with E-state index in [-0.39, 0.29) is 10.8 Å². The zero-order valence-corrected chi connectivity index (χ0v) is 36.9. The van der Waals surface area contributed by atoms with E-state index < -0.39 is 0 Å². The van der Waals surface area contributed by atoms with Crippen LogP contribution in [-0.2, 0) is 10.8 Å². The van der Waals surface area contributed by atoms with Crippen molar-refractivity contribution < 1.29 is 0 Å². The number of aryl methyl sites for hydroxylation is 1.